The molecule has 0 aliphatic carbocycles. The molecule has 2 aromatic rings. The van der Waals surface area contributed by atoms with E-state index in [1.807, 2.05) is 20.8 Å². The van der Waals surface area contributed by atoms with Crippen molar-refractivity contribution in [2.45, 2.75) is 46.6 Å². The molecule has 0 atom stereocenters. The van der Waals surface area contributed by atoms with Gasteiger partial charge in [-0.3, -0.25) is 14.2 Å². The molecule has 1 aromatic heterocycles. The minimum Gasteiger partial charge on any atom is -0.490 e. The van der Waals surface area contributed by atoms with Gasteiger partial charge >= 0.3 is 5.69 Å². The van der Waals surface area contributed by atoms with Crippen LogP contribution in [-0.2, 0) is 16.1 Å². The maximum Gasteiger partial charge on any atom is 0.328 e. The monoisotopic (exact) mass is 421 g/mol. The van der Waals surface area contributed by atoms with E-state index in [0.29, 0.717) is 61.8 Å². The first-order valence-electron chi connectivity index (χ1n) is 10.4. The van der Waals surface area contributed by atoms with Crippen molar-refractivity contribution in [3.63, 3.8) is 0 Å². The van der Waals surface area contributed by atoms with Crippen molar-refractivity contribution >= 4 is 16.8 Å². The average Bonchev–Trinajstić information content (AvgIpc) is 2.71. The van der Waals surface area contributed by atoms with E-state index >= 15 is 0 Å². The van der Waals surface area contributed by atoms with E-state index in [9.17, 15) is 14.4 Å². The lowest BCUT2D eigenvalue weighted by Gasteiger charge is -2.13. The summed E-state index contributed by atoms with van der Waals surface area (Å²) in [6.07, 6.45) is 1.35. The van der Waals surface area contributed by atoms with Gasteiger partial charge in [-0.1, -0.05) is 0 Å². The zero-order chi connectivity index (χ0) is 21.9. The standard InChI is InChI=1S/C21H31N3O6/c1-4-28-12-8-10-22-19(25)9-7-11-24-20(26)15-13-17(29-5-2)18(30-6-3)14-16(15)23-21(24)27/h13-14H,4-12H2,1-3H3,(H,22,25)(H,23,27). The van der Waals surface area contributed by atoms with Crippen LogP contribution in [0, 0.1) is 0 Å². The SMILES string of the molecule is CCOCCCNC(=O)CCCn1c(=O)[nH]c2cc(OCC)c(OCC)cc2c1=O. The van der Waals surface area contributed by atoms with Gasteiger partial charge in [-0.05, 0) is 39.7 Å². The van der Waals surface area contributed by atoms with E-state index in [1.54, 1.807) is 12.1 Å². The van der Waals surface area contributed by atoms with E-state index in [2.05, 4.69) is 10.3 Å². The van der Waals surface area contributed by atoms with Crippen molar-refractivity contribution in [3.8, 4) is 11.5 Å². The fraction of sp³-hybridized carbons (Fsp3) is 0.571. The number of nitrogens with one attached hydrogen (secondary N) is 2. The Labute approximate surface area is 175 Å². The predicted molar refractivity (Wildman–Crippen MR) is 115 cm³/mol. The lowest BCUT2D eigenvalue weighted by atomic mass is 10.2. The summed E-state index contributed by atoms with van der Waals surface area (Å²) in [6.45, 7) is 8.40. The molecule has 0 radical (unpaired) electrons. The summed E-state index contributed by atoms with van der Waals surface area (Å²) in [5.41, 5.74) is -0.550. The van der Waals surface area contributed by atoms with Crippen molar-refractivity contribution in [2.75, 3.05) is 33.0 Å². The highest BCUT2D eigenvalue weighted by Crippen LogP contribution is 2.30. The Kier molecular flexibility index (Phi) is 9.40. The summed E-state index contributed by atoms with van der Waals surface area (Å²) < 4.78 is 17.4. The maximum atomic E-state index is 12.9. The maximum absolute atomic E-state index is 12.9. The summed E-state index contributed by atoms with van der Waals surface area (Å²) in [4.78, 5) is 39.9. The molecule has 9 heteroatoms. The first-order chi connectivity index (χ1) is 14.5. The molecule has 0 saturated heterocycles. The molecule has 0 saturated carbocycles. The Morgan fingerprint density at radius 2 is 1.73 bits per heavy atom. The number of aromatic nitrogens is 2. The second-order valence-electron chi connectivity index (χ2n) is 6.60. The van der Waals surface area contributed by atoms with Gasteiger partial charge in [-0.25, -0.2) is 4.79 Å². The minimum absolute atomic E-state index is 0.114. The molecule has 0 fully saturated rings. The smallest absolute Gasteiger partial charge is 0.328 e. The Hall–Kier alpha value is -2.81. The molecule has 166 valence electrons. The second-order valence-corrected chi connectivity index (χ2v) is 6.60. The average molecular weight is 421 g/mol. The van der Waals surface area contributed by atoms with Gasteiger partial charge in [0.2, 0.25) is 5.91 Å². The number of carbonyl (C=O) groups excluding carboxylic acids is 1. The fourth-order valence-corrected chi connectivity index (χ4v) is 3.03. The lowest BCUT2D eigenvalue weighted by Crippen LogP contribution is -2.35. The number of hydrogen-bond acceptors (Lipinski definition) is 6. The number of H-pyrrole nitrogens is 1. The van der Waals surface area contributed by atoms with Crippen LogP contribution in [0.1, 0.15) is 40.0 Å². The molecule has 0 aliphatic rings. The van der Waals surface area contributed by atoms with Gasteiger partial charge in [0.05, 0.1) is 24.1 Å². The summed E-state index contributed by atoms with van der Waals surface area (Å²) in [5, 5.41) is 3.14. The first-order valence-corrected chi connectivity index (χ1v) is 10.4. The third kappa shape index (κ3) is 6.35. The molecule has 0 bridgehead atoms. The van der Waals surface area contributed by atoms with Crippen LogP contribution in [0.25, 0.3) is 10.9 Å². The number of nitrogens with zero attached hydrogens (tertiary/aromatic N) is 1. The predicted octanol–water partition coefficient (Wildman–Crippen LogP) is 1.81. The normalized spacial score (nSPS) is 10.9. The molecule has 1 amide bonds. The molecule has 0 aliphatic heterocycles. The highest BCUT2D eigenvalue weighted by molar-refractivity contribution is 5.81. The molecular weight excluding hydrogens is 390 g/mol. The van der Waals surface area contributed by atoms with E-state index in [0.717, 1.165) is 11.0 Å². The van der Waals surface area contributed by atoms with Crippen LogP contribution in [0.2, 0.25) is 0 Å². The summed E-state index contributed by atoms with van der Waals surface area (Å²) >= 11 is 0. The lowest BCUT2D eigenvalue weighted by molar-refractivity contribution is -0.121. The molecular formula is C21H31N3O6. The van der Waals surface area contributed by atoms with Crippen LogP contribution in [0.3, 0.4) is 0 Å². The molecule has 2 N–H and O–H groups in total. The second kappa shape index (κ2) is 12.0. The van der Waals surface area contributed by atoms with Gasteiger partial charge in [0.25, 0.3) is 5.56 Å². The van der Waals surface area contributed by atoms with Crippen LogP contribution in [-0.4, -0.2) is 48.4 Å². The zero-order valence-electron chi connectivity index (χ0n) is 17.9. The molecule has 2 rings (SSSR count). The Morgan fingerprint density at radius 3 is 2.40 bits per heavy atom. The molecule has 0 spiro atoms. The van der Waals surface area contributed by atoms with Gasteiger partial charge in [0.15, 0.2) is 11.5 Å². The number of hydrogen-bond donors (Lipinski definition) is 2. The summed E-state index contributed by atoms with van der Waals surface area (Å²) in [5.74, 6) is 0.811. The zero-order valence-corrected chi connectivity index (χ0v) is 17.9. The molecule has 1 heterocycles. The summed E-state index contributed by atoms with van der Waals surface area (Å²) in [6, 6.07) is 3.19. The van der Waals surface area contributed by atoms with Crippen molar-refractivity contribution in [2.24, 2.45) is 0 Å². The first kappa shape index (κ1) is 23.5. The third-order valence-electron chi connectivity index (χ3n) is 4.42. The van der Waals surface area contributed by atoms with E-state index < -0.39 is 11.2 Å². The summed E-state index contributed by atoms with van der Waals surface area (Å²) in [7, 11) is 0. The Bertz CT molecular complexity index is 950. The van der Waals surface area contributed by atoms with Crippen LogP contribution < -0.4 is 26.0 Å². The quantitative estimate of drug-likeness (QED) is 0.477. The molecule has 1 aromatic carbocycles. The number of fused-ring (bicyclic) bond motifs is 1. The van der Waals surface area contributed by atoms with Gasteiger partial charge in [-0.2, -0.15) is 0 Å². The largest absolute Gasteiger partial charge is 0.490 e. The van der Waals surface area contributed by atoms with E-state index in [4.69, 9.17) is 14.2 Å². The number of benzene rings is 1. The van der Waals surface area contributed by atoms with Crippen LogP contribution >= 0.6 is 0 Å². The topological polar surface area (TPSA) is 112 Å². The van der Waals surface area contributed by atoms with Gasteiger partial charge in [0.1, 0.15) is 0 Å². The number of aromatic amines is 1. The van der Waals surface area contributed by atoms with Crippen molar-refractivity contribution in [1.29, 1.82) is 0 Å². The van der Waals surface area contributed by atoms with E-state index in [-0.39, 0.29) is 18.9 Å². The van der Waals surface area contributed by atoms with Crippen molar-refractivity contribution in [1.82, 2.24) is 14.9 Å². The van der Waals surface area contributed by atoms with E-state index in [1.165, 1.54) is 0 Å². The highest BCUT2D eigenvalue weighted by Gasteiger charge is 2.14. The number of ether oxygens (including phenoxy) is 3. The van der Waals surface area contributed by atoms with Crippen LogP contribution in [0.5, 0.6) is 11.5 Å². The molecule has 0 unspecified atom stereocenters. The third-order valence-corrected chi connectivity index (χ3v) is 4.42. The fourth-order valence-electron chi connectivity index (χ4n) is 3.03. The Morgan fingerprint density at radius 1 is 1.03 bits per heavy atom. The van der Waals surface area contributed by atoms with Gasteiger partial charge < -0.3 is 24.5 Å². The van der Waals surface area contributed by atoms with Crippen molar-refractivity contribution < 1.29 is 19.0 Å². The van der Waals surface area contributed by atoms with Crippen LogP contribution in [0.4, 0.5) is 0 Å². The van der Waals surface area contributed by atoms with Crippen LogP contribution in [0.15, 0.2) is 21.7 Å². The van der Waals surface area contributed by atoms with Gasteiger partial charge in [0, 0.05) is 38.8 Å². The minimum atomic E-state index is -0.517. The molecule has 9 nitrogen and oxygen atoms in total. The number of amides is 1. The van der Waals surface area contributed by atoms with Gasteiger partial charge in [-0.15, -0.1) is 0 Å². The number of rotatable bonds is 13. The number of carbonyl (C=O) groups is 1. The Balaban J connectivity index is 2.09. The molecule has 30 heavy (non-hydrogen) atoms. The highest BCUT2D eigenvalue weighted by atomic mass is 16.5. The van der Waals surface area contributed by atoms with Crippen molar-refractivity contribution in [3.05, 3.63) is 33.0 Å².